The Hall–Kier alpha value is -3.13. The van der Waals surface area contributed by atoms with Gasteiger partial charge >= 0.3 is 0 Å². The van der Waals surface area contributed by atoms with E-state index < -0.39 is 10.0 Å². The Labute approximate surface area is 195 Å². The van der Waals surface area contributed by atoms with Crippen molar-refractivity contribution in [3.63, 3.8) is 0 Å². The van der Waals surface area contributed by atoms with Gasteiger partial charge in [-0.3, -0.25) is 4.72 Å². The van der Waals surface area contributed by atoms with Crippen molar-refractivity contribution in [2.45, 2.75) is 52.5 Å². The number of hydrogen-bond acceptors (Lipinski definition) is 5. The van der Waals surface area contributed by atoms with Crippen LogP contribution in [0.4, 0.5) is 11.5 Å². The number of sulfonamides is 1. The van der Waals surface area contributed by atoms with Gasteiger partial charge in [0.1, 0.15) is 11.3 Å². The Morgan fingerprint density at radius 2 is 1.70 bits per heavy atom. The van der Waals surface area contributed by atoms with Crippen LogP contribution in [0.25, 0.3) is 21.9 Å². The predicted molar refractivity (Wildman–Crippen MR) is 136 cm³/mol. The molecule has 3 N–H and O–H groups in total. The van der Waals surface area contributed by atoms with Gasteiger partial charge < -0.3 is 10.3 Å². The zero-order valence-corrected chi connectivity index (χ0v) is 20.0. The molecule has 0 aliphatic heterocycles. The summed E-state index contributed by atoms with van der Waals surface area (Å²) in [5.74, 6) is 1.56. The van der Waals surface area contributed by atoms with Crippen molar-refractivity contribution in [3.8, 4) is 0 Å². The van der Waals surface area contributed by atoms with Gasteiger partial charge in [-0.2, -0.15) is 0 Å². The lowest BCUT2D eigenvalue weighted by atomic mass is 10.1. The van der Waals surface area contributed by atoms with Crippen LogP contribution in [0, 0.1) is 0 Å². The second-order valence-corrected chi connectivity index (χ2v) is 10.2. The minimum atomic E-state index is -3.32. The van der Waals surface area contributed by atoms with Crippen LogP contribution >= 0.6 is 0 Å². The Kier molecular flexibility index (Phi) is 6.83. The molecule has 0 saturated heterocycles. The average Bonchev–Trinajstić information content (AvgIpc) is 3.16. The molecule has 0 radical (unpaired) electrons. The molecule has 4 rings (SSSR count). The SMILES string of the molecule is CCCCc1nc2c(N)nc3ccccc3c2n1Cc1ccc(NS(=O)(=O)CCCC)cc1. The van der Waals surface area contributed by atoms with E-state index in [2.05, 4.69) is 27.3 Å². The molecule has 0 fully saturated rings. The summed E-state index contributed by atoms with van der Waals surface area (Å²) in [6.45, 7) is 4.76. The molecule has 8 heteroatoms. The van der Waals surface area contributed by atoms with E-state index in [0.717, 1.165) is 59.0 Å². The molecule has 2 heterocycles. The van der Waals surface area contributed by atoms with E-state index in [1.807, 2.05) is 49.4 Å². The second kappa shape index (κ2) is 9.79. The van der Waals surface area contributed by atoms with Gasteiger partial charge in [-0.05, 0) is 36.6 Å². The first-order chi connectivity index (χ1) is 15.9. The number of benzene rings is 2. The largest absolute Gasteiger partial charge is 0.382 e. The van der Waals surface area contributed by atoms with Crippen molar-refractivity contribution >= 4 is 43.5 Å². The van der Waals surface area contributed by atoms with Crippen molar-refractivity contribution in [1.82, 2.24) is 14.5 Å². The molecular formula is C25H31N5O2S. The number of nitrogens with one attached hydrogen (secondary N) is 1. The summed E-state index contributed by atoms with van der Waals surface area (Å²) in [5.41, 5.74) is 10.5. The van der Waals surface area contributed by atoms with Crippen molar-refractivity contribution in [2.75, 3.05) is 16.2 Å². The van der Waals surface area contributed by atoms with Gasteiger partial charge in [0, 0.05) is 24.0 Å². The first-order valence-corrected chi connectivity index (χ1v) is 13.2. The number of nitrogen functional groups attached to an aromatic ring is 1. The van der Waals surface area contributed by atoms with Crippen LogP contribution in [0.2, 0.25) is 0 Å². The summed E-state index contributed by atoms with van der Waals surface area (Å²) < 4.78 is 29.3. The summed E-state index contributed by atoms with van der Waals surface area (Å²) in [5, 5.41) is 1.03. The Morgan fingerprint density at radius 1 is 0.970 bits per heavy atom. The molecule has 2 aromatic heterocycles. The third-order valence-electron chi connectivity index (χ3n) is 5.78. The van der Waals surface area contributed by atoms with Gasteiger partial charge in [-0.25, -0.2) is 18.4 Å². The molecule has 0 aliphatic rings. The highest BCUT2D eigenvalue weighted by Crippen LogP contribution is 2.30. The molecule has 0 amide bonds. The van der Waals surface area contributed by atoms with Crippen LogP contribution in [0.5, 0.6) is 0 Å². The molecule has 0 atom stereocenters. The number of unbranched alkanes of at least 4 members (excludes halogenated alkanes) is 2. The second-order valence-electron chi connectivity index (χ2n) is 8.40. The van der Waals surface area contributed by atoms with E-state index in [4.69, 9.17) is 10.7 Å². The molecule has 174 valence electrons. The Balaban J connectivity index is 1.70. The van der Waals surface area contributed by atoms with Crippen LogP contribution in [0.3, 0.4) is 0 Å². The third-order valence-corrected chi connectivity index (χ3v) is 7.15. The van der Waals surface area contributed by atoms with Gasteiger partial charge in [0.05, 0.1) is 16.8 Å². The van der Waals surface area contributed by atoms with Crippen LogP contribution in [0.15, 0.2) is 48.5 Å². The standard InChI is InChI=1S/C25H31N5O2S/c1-3-5-11-22-28-23-24(20-9-7-8-10-21(20)27-25(23)26)30(22)17-18-12-14-19(15-13-18)29-33(31,32)16-6-4-2/h7-10,12-15,29H,3-6,11,16-17H2,1-2H3,(H2,26,27). The molecule has 0 aliphatic carbocycles. The zero-order chi connectivity index (χ0) is 23.4. The summed E-state index contributed by atoms with van der Waals surface area (Å²) in [6, 6.07) is 15.5. The number of hydrogen-bond donors (Lipinski definition) is 2. The van der Waals surface area contributed by atoms with E-state index in [-0.39, 0.29) is 5.75 Å². The van der Waals surface area contributed by atoms with Crippen molar-refractivity contribution in [2.24, 2.45) is 0 Å². The summed E-state index contributed by atoms with van der Waals surface area (Å²) in [6.07, 6.45) is 4.45. The molecule has 0 spiro atoms. The van der Waals surface area contributed by atoms with Crippen molar-refractivity contribution in [1.29, 1.82) is 0 Å². The third kappa shape index (κ3) is 5.11. The van der Waals surface area contributed by atoms with E-state index in [1.165, 1.54) is 0 Å². The monoisotopic (exact) mass is 465 g/mol. The lowest BCUT2D eigenvalue weighted by molar-refractivity contribution is 0.598. The number of imidazole rings is 1. The minimum absolute atomic E-state index is 0.135. The number of para-hydroxylation sites is 1. The predicted octanol–water partition coefficient (Wildman–Crippen LogP) is 5.10. The average molecular weight is 466 g/mol. The molecule has 0 bridgehead atoms. The maximum atomic E-state index is 12.2. The van der Waals surface area contributed by atoms with E-state index in [9.17, 15) is 8.42 Å². The molecular weight excluding hydrogens is 434 g/mol. The van der Waals surface area contributed by atoms with E-state index in [0.29, 0.717) is 24.5 Å². The van der Waals surface area contributed by atoms with Gasteiger partial charge in [0.15, 0.2) is 5.82 Å². The molecule has 2 aromatic carbocycles. The van der Waals surface area contributed by atoms with Gasteiger partial charge in [-0.15, -0.1) is 0 Å². The summed E-state index contributed by atoms with van der Waals surface area (Å²) in [4.78, 5) is 9.42. The highest BCUT2D eigenvalue weighted by atomic mass is 32.2. The van der Waals surface area contributed by atoms with E-state index >= 15 is 0 Å². The number of rotatable bonds is 10. The zero-order valence-electron chi connectivity index (χ0n) is 19.2. The molecule has 4 aromatic rings. The number of fused-ring (bicyclic) bond motifs is 3. The number of nitrogens with two attached hydrogens (primary N) is 1. The van der Waals surface area contributed by atoms with Crippen LogP contribution < -0.4 is 10.5 Å². The lowest BCUT2D eigenvalue weighted by Gasteiger charge is -2.12. The van der Waals surface area contributed by atoms with Gasteiger partial charge in [-0.1, -0.05) is 57.0 Å². The maximum absolute atomic E-state index is 12.2. The Bertz CT molecular complexity index is 1360. The molecule has 0 unspecified atom stereocenters. The molecule has 0 saturated carbocycles. The topological polar surface area (TPSA) is 103 Å². The number of aryl methyl sites for hydroxylation is 1. The number of pyridine rings is 1. The lowest BCUT2D eigenvalue weighted by Crippen LogP contribution is -2.16. The maximum Gasteiger partial charge on any atom is 0.232 e. The fourth-order valence-corrected chi connectivity index (χ4v) is 5.29. The summed E-state index contributed by atoms with van der Waals surface area (Å²) in [7, 11) is -3.32. The van der Waals surface area contributed by atoms with Crippen molar-refractivity contribution < 1.29 is 8.42 Å². The van der Waals surface area contributed by atoms with Crippen molar-refractivity contribution in [3.05, 3.63) is 59.9 Å². The van der Waals surface area contributed by atoms with Crippen LogP contribution in [-0.2, 0) is 23.0 Å². The van der Waals surface area contributed by atoms with Crippen LogP contribution in [0.1, 0.15) is 50.9 Å². The normalized spacial score (nSPS) is 11.9. The molecule has 7 nitrogen and oxygen atoms in total. The van der Waals surface area contributed by atoms with Gasteiger partial charge in [0.25, 0.3) is 0 Å². The highest BCUT2D eigenvalue weighted by molar-refractivity contribution is 7.92. The number of nitrogens with zero attached hydrogens (tertiary/aromatic N) is 3. The highest BCUT2D eigenvalue weighted by Gasteiger charge is 2.17. The van der Waals surface area contributed by atoms with Gasteiger partial charge in [0.2, 0.25) is 10.0 Å². The molecule has 33 heavy (non-hydrogen) atoms. The fourth-order valence-electron chi connectivity index (χ4n) is 4.03. The number of anilines is 2. The fraction of sp³-hybridized carbons (Fsp3) is 0.360. The number of aromatic nitrogens is 3. The smallest absolute Gasteiger partial charge is 0.232 e. The summed E-state index contributed by atoms with van der Waals surface area (Å²) >= 11 is 0. The quantitative estimate of drug-likeness (QED) is 0.339. The minimum Gasteiger partial charge on any atom is -0.382 e. The first kappa shape index (κ1) is 23.0. The Morgan fingerprint density at radius 3 is 2.42 bits per heavy atom. The first-order valence-electron chi connectivity index (χ1n) is 11.5. The van der Waals surface area contributed by atoms with Crippen LogP contribution in [-0.4, -0.2) is 28.7 Å². The van der Waals surface area contributed by atoms with E-state index in [1.54, 1.807) is 0 Å².